The van der Waals surface area contributed by atoms with Gasteiger partial charge in [-0.3, -0.25) is 14.4 Å². The number of carbonyl (C=O) groups excluding carboxylic acids is 1. The molecule has 6 rings (SSSR count). The van der Waals surface area contributed by atoms with Crippen molar-refractivity contribution in [3.8, 4) is 35.8 Å². The SMILES string of the molecule is CC(=O)O.CC1=C(C#N)C(=C(C#N)C#N)OC1(C)C.CCCCN(CCCC)c1ccc(/C=C/c2ccc(C=O)s2)c(OC)c1.N.[C-]#[N+]C1=C(/C=C/c2ccc(/C=C/c3ccc(N(CCCC)CCCC)cc3OC)s2)C(C)(C)OC1C(C#N)[N+]#[C-]. The number of ether oxygens (including phenoxy) is 4. The average Bonchev–Trinajstić information content (AvgIpc) is 1.94. The minimum atomic E-state index is -1.03. The molecule has 2 aliphatic rings. The largest absolute Gasteiger partial charge is 0.496 e. The van der Waals surface area contributed by atoms with E-state index in [0.717, 1.165) is 87.1 Å². The van der Waals surface area contributed by atoms with Crippen molar-refractivity contribution in [2.75, 3.05) is 50.2 Å². The molecule has 0 saturated heterocycles. The Morgan fingerprint density at radius 3 is 1.48 bits per heavy atom. The maximum atomic E-state index is 10.8. The van der Waals surface area contributed by atoms with Crippen LogP contribution >= 0.6 is 22.7 Å². The van der Waals surface area contributed by atoms with Gasteiger partial charge in [0, 0.05) is 82.4 Å². The monoisotopic (exact) mass is 1200 g/mol. The normalized spacial score (nSPS) is 14.6. The van der Waals surface area contributed by atoms with Gasteiger partial charge in [0.15, 0.2) is 29.8 Å². The van der Waals surface area contributed by atoms with E-state index < -0.39 is 29.3 Å². The molecule has 0 fully saturated rings. The van der Waals surface area contributed by atoms with Crippen LogP contribution in [-0.2, 0) is 14.3 Å². The number of rotatable bonds is 24. The summed E-state index contributed by atoms with van der Waals surface area (Å²) in [6.45, 7) is 38.3. The number of allylic oxidation sites excluding steroid dienone is 2. The van der Waals surface area contributed by atoms with Crippen LogP contribution in [0.2, 0.25) is 0 Å². The maximum Gasteiger partial charge on any atom is 0.328 e. The van der Waals surface area contributed by atoms with Crippen molar-refractivity contribution in [3.05, 3.63) is 154 Å². The van der Waals surface area contributed by atoms with Crippen LogP contribution in [0.25, 0.3) is 40.1 Å². The number of carboxylic acids is 1. The Hall–Kier alpha value is -8.72. The van der Waals surface area contributed by atoms with E-state index in [1.54, 1.807) is 58.5 Å². The van der Waals surface area contributed by atoms with Gasteiger partial charge in [0.2, 0.25) is 5.70 Å². The van der Waals surface area contributed by atoms with Gasteiger partial charge in [-0.05, 0) is 150 Å². The van der Waals surface area contributed by atoms with Crippen molar-refractivity contribution >= 4 is 76.7 Å². The zero-order valence-corrected chi connectivity index (χ0v) is 53.6. The molecule has 0 saturated carbocycles. The number of thiophene rings is 2. The lowest BCUT2D eigenvalue weighted by molar-refractivity contribution is -0.134. The zero-order valence-electron chi connectivity index (χ0n) is 52.0. The number of carbonyl (C=O) groups is 2. The maximum absolute atomic E-state index is 10.8. The van der Waals surface area contributed by atoms with Crippen LogP contribution in [0, 0.1) is 58.5 Å². The lowest BCUT2D eigenvalue weighted by atomic mass is 9.96. The van der Waals surface area contributed by atoms with Crippen LogP contribution < -0.4 is 25.4 Å². The lowest BCUT2D eigenvalue weighted by Gasteiger charge is -2.25. The summed E-state index contributed by atoms with van der Waals surface area (Å²) in [5.41, 5.74) is 5.02. The van der Waals surface area contributed by atoms with Crippen molar-refractivity contribution in [1.29, 1.82) is 21.0 Å². The summed E-state index contributed by atoms with van der Waals surface area (Å²) in [6.07, 6.45) is 21.6. The molecule has 2 atom stereocenters. The number of nitriles is 4. The number of aldehydes is 1. The fourth-order valence-corrected chi connectivity index (χ4v) is 10.3. The minimum absolute atomic E-state index is 0. The Balaban J connectivity index is 0.000000467. The molecule has 16 nitrogen and oxygen atoms in total. The van der Waals surface area contributed by atoms with Crippen molar-refractivity contribution in [2.24, 2.45) is 0 Å². The summed E-state index contributed by atoms with van der Waals surface area (Å²) in [7, 11) is 3.43. The first-order valence-corrected chi connectivity index (χ1v) is 30.0. The Bertz CT molecular complexity index is 3310. The second-order valence-electron chi connectivity index (χ2n) is 20.7. The second kappa shape index (κ2) is 37.6. The Morgan fingerprint density at radius 1 is 0.709 bits per heavy atom. The molecule has 0 amide bonds. The quantitative estimate of drug-likeness (QED) is 0.0377. The fraction of sp³-hybridized carbons (Fsp3) is 0.412. The fourth-order valence-electron chi connectivity index (χ4n) is 8.76. The highest BCUT2D eigenvalue weighted by atomic mass is 32.1. The standard InChI is InChI=1S/C33H38N4O2S.C22H29NO2S.C11H9N3O.C2H4O2.H3N/c1-8-10-20-37(21-11-9-2)25-14-12-24(30(22-25)38-7)13-15-26-16-17-27(40-26)18-19-28-31(36-6)32(29(23-34)35-5)39-33(28,3)4;1-4-6-14-23(15-7-5-2)19-10-8-18(22(16-19)25-3)9-11-20-12-13-21(17-24)26-20;1-7-9(6-14)10(8(4-12)5-13)15-11(7,2)3;1-2(3)4;/h12-19,22,29,32H,8-11,20-21H2,1-4,7H3;8-13,16-17H,4-7,14-15H2,1-3H3;1-3H3;1H3,(H,3,4);1H3/b15-13+,19-18+;11-9+;;;. The van der Waals surface area contributed by atoms with Crippen molar-refractivity contribution in [2.45, 2.75) is 144 Å². The van der Waals surface area contributed by atoms with Gasteiger partial charge in [-0.25, -0.2) is 11.4 Å². The number of unbranched alkanes of at least 4 members (excludes halogenated alkanes) is 4. The molecule has 4 N–H and O–H groups in total. The molecular weight excluding hydrogens is 1120 g/mol. The van der Waals surface area contributed by atoms with Crippen molar-refractivity contribution in [3.63, 3.8) is 0 Å². The second-order valence-corrected chi connectivity index (χ2v) is 23.0. The molecular formula is C68H83N9O7S2. The molecule has 86 heavy (non-hydrogen) atoms. The van der Waals surface area contributed by atoms with E-state index in [1.807, 2.05) is 68.5 Å². The molecule has 2 aromatic carbocycles. The van der Waals surface area contributed by atoms with Gasteiger partial charge < -0.3 is 40.0 Å². The van der Waals surface area contributed by atoms with Gasteiger partial charge in [-0.1, -0.05) is 59.5 Å². The van der Waals surface area contributed by atoms with Gasteiger partial charge in [-0.2, -0.15) is 21.0 Å². The van der Waals surface area contributed by atoms with E-state index in [2.05, 4.69) is 102 Å². The lowest BCUT2D eigenvalue weighted by Crippen LogP contribution is -2.29. The van der Waals surface area contributed by atoms with E-state index in [1.165, 1.54) is 74.1 Å². The first-order valence-electron chi connectivity index (χ1n) is 28.4. The van der Waals surface area contributed by atoms with Crippen LogP contribution in [0.4, 0.5) is 11.4 Å². The molecule has 0 spiro atoms. The molecule has 2 unspecified atom stereocenters. The number of hydrogen-bond acceptors (Lipinski definition) is 15. The number of hydrogen-bond donors (Lipinski definition) is 2. The van der Waals surface area contributed by atoms with Gasteiger partial charge in [0.05, 0.1) is 36.8 Å². The van der Waals surface area contributed by atoms with Crippen LogP contribution in [0.15, 0.2) is 100 Å². The third-order valence-corrected chi connectivity index (χ3v) is 15.7. The van der Waals surface area contributed by atoms with E-state index in [-0.39, 0.29) is 23.1 Å². The Morgan fingerprint density at radius 2 is 1.13 bits per heavy atom. The highest BCUT2D eigenvalue weighted by Gasteiger charge is 2.46. The topological polar surface area (TPSA) is 237 Å². The highest BCUT2D eigenvalue weighted by Crippen LogP contribution is 2.41. The number of benzene rings is 2. The van der Waals surface area contributed by atoms with Gasteiger partial charge in [0.25, 0.3) is 5.97 Å². The molecule has 2 aromatic heterocycles. The van der Waals surface area contributed by atoms with E-state index in [4.69, 9.17) is 57.8 Å². The third kappa shape index (κ3) is 21.7. The van der Waals surface area contributed by atoms with Crippen molar-refractivity contribution in [1.82, 2.24) is 6.15 Å². The summed E-state index contributed by atoms with van der Waals surface area (Å²) in [5, 5.41) is 43.1. The summed E-state index contributed by atoms with van der Waals surface area (Å²) < 4.78 is 22.8. The first kappa shape index (κ1) is 73.4. The van der Waals surface area contributed by atoms with E-state index in [0.29, 0.717) is 11.3 Å². The predicted molar refractivity (Wildman–Crippen MR) is 350 cm³/mol. The predicted octanol–water partition coefficient (Wildman–Crippen LogP) is 16.8. The zero-order chi connectivity index (χ0) is 63.1. The average molecular weight is 1200 g/mol. The highest BCUT2D eigenvalue weighted by molar-refractivity contribution is 7.14. The number of anilines is 2. The summed E-state index contributed by atoms with van der Waals surface area (Å²) in [6, 6.07) is 27.1. The molecule has 4 aromatic rings. The van der Waals surface area contributed by atoms with Crippen LogP contribution in [0.1, 0.15) is 156 Å². The Labute approximate surface area is 518 Å². The van der Waals surface area contributed by atoms with Crippen LogP contribution in [-0.4, -0.2) is 81.1 Å². The van der Waals surface area contributed by atoms with Gasteiger partial charge >= 0.3 is 6.04 Å². The number of carboxylic acid groups (broad SMARTS) is 1. The van der Waals surface area contributed by atoms with E-state index in [9.17, 15) is 10.1 Å². The van der Waals surface area contributed by atoms with Crippen molar-refractivity contribution < 1.29 is 33.6 Å². The van der Waals surface area contributed by atoms with Gasteiger partial charge in [-0.15, -0.1) is 22.7 Å². The number of aliphatic carboxylic acids is 1. The molecule has 18 heteroatoms. The van der Waals surface area contributed by atoms with Gasteiger partial charge in [0.1, 0.15) is 35.3 Å². The molecule has 0 aliphatic carbocycles. The van der Waals surface area contributed by atoms with Crippen LogP contribution in [0.5, 0.6) is 11.5 Å². The molecule has 4 heterocycles. The molecule has 0 bridgehead atoms. The molecule has 2 aliphatic heterocycles. The number of methoxy groups -OCH3 is 2. The number of nitrogens with zero attached hydrogens (tertiary/aromatic N) is 8. The van der Waals surface area contributed by atoms with E-state index >= 15 is 0 Å². The minimum Gasteiger partial charge on any atom is -0.496 e. The Kier molecular flexibility index (Phi) is 32.0. The smallest absolute Gasteiger partial charge is 0.328 e. The molecule has 0 radical (unpaired) electrons. The summed E-state index contributed by atoms with van der Waals surface area (Å²) >= 11 is 3.12. The van der Waals surface area contributed by atoms with Crippen LogP contribution in [0.3, 0.4) is 0 Å². The summed E-state index contributed by atoms with van der Waals surface area (Å²) in [5.74, 6) is 1.00. The molecule has 454 valence electrons. The third-order valence-electron chi connectivity index (χ3n) is 13.7. The first-order chi connectivity index (χ1) is 40.7. The summed E-state index contributed by atoms with van der Waals surface area (Å²) in [4.78, 5) is 35.6.